The third-order valence-electron chi connectivity index (χ3n) is 5.11. The molecule has 0 bridgehead atoms. The molecular formula is C20H19N5O2. The van der Waals surface area contributed by atoms with Crippen LogP contribution < -0.4 is 5.56 Å². The Morgan fingerprint density at radius 1 is 1.19 bits per heavy atom. The number of hydrogen-bond donors (Lipinski definition) is 0. The van der Waals surface area contributed by atoms with Crippen molar-refractivity contribution in [1.82, 2.24) is 24.4 Å². The molecule has 7 nitrogen and oxygen atoms in total. The third kappa shape index (κ3) is 2.62. The first-order valence-electron chi connectivity index (χ1n) is 9.14. The summed E-state index contributed by atoms with van der Waals surface area (Å²) in [5.41, 5.74) is 4.31. The maximum absolute atomic E-state index is 12.9. The Bertz CT molecular complexity index is 1190. The van der Waals surface area contributed by atoms with Crippen molar-refractivity contribution in [3.05, 3.63) is 58.6 Å². The van der Waals surface area contributed by atoms with E-state index < -0.39 is 0 Å². The molecule has 0 radical (unpaired) electrons. The van der Waals surface area contributed by atoms with Crippen LogP contribution in [0, 0.1) is 6.92 Å². The first-order valence-corrected chi connectivity index (χ1v) is 9.14. The van der Waals surface area contributed by atoms with Gasteiger partial charge in [-0.05, 0) is 31.4 Å². The first kappa shape index (κ1) is 16.1. The first-order chi connectivity index (χ1) is 13.2. The van der Waals surface area contributed by atoms with E-state index in [9.17, 15) is 4.79 Å². The summed E-state index contributed by atoms with van der Waals surface area (Å²) in [6.45, 7) is 3.26. The monoisotopic (exact) mass is 361 g/mol. The van der Waals surface area contributed by atoms with E-state index >= 15 is 0 Å². The number of fused-ring (bicyclic) bond motifs is 3. The molecule has 1 aliphatic rings. The van der Waals surface area contributed by atoms with Crippen LogP contribution in [0.4, 0.5) is 0 Å². The lowest BCUT2D eigenvalue weighted by molar-refractivity contribution is 0.0963. The van der Waals surface area contributed by atoms with E-state index in [1.54, 1.807) is 15.3 Å². The number of rotatable bonds is 3. The summed E-state index contributed by atoms with van der Waals surface area (Å²) in [6.07, 6.45) is 3.91. The fourth-order valence-electron chi connectivity index (χ4n) is 3.78. The normalized spacial score (nSPS) is 17.1. The van der Waals surface area contributed by atoms with E-state index in [4.69, 9.17) is 4.74 Å². The van der Waals surface area contributed by atoms with Gasteiger partial charge in [0.25, 0.3) is 5.56 Å². The summed E-state index contributed by atoms with van der Waals surface area (Å²) >= 11 is 0. The Morgan fingerprint density at radius 2 is 2.04 bits per heavy atom. The molecule has 5 rings (SSSR count). The van der Waals surface area contributed by atoms with Gasteiger partial charge in [-0.15, -0.1) is 10.2 Å². The van der Waals surface area contributed by atoms with Crippen molar-refractivity contribution in [2.24, 2.45) is 0 Å². The lowest BCUT2D eigenvalue weighted by atomic mass is 10.1. The molecule has 3 aromatic heterocycles. The number of aryl methyl sites for hydroxylation is 1. The van der Waals surface area contributed by atoms with Crippen molar-refractivity contribution in [2.45, 2.75) is 32.4 Å². The van der Waals surface area contributed by atoms with Crippen LogP contribution in [-0.2, 0) is 11.3 Å². The van der Waals surface area contributed by atoms with E-state index in [0.29, 0.717) is 23.2 Å². The molecule has 0 N–H and O–H groups in total. The minimum Gasteiger partial charge on any atom is -0.376 e. The quantitative estimate of drug-likeness (QED) is 0.561. The minimum absolute atomic E-state index is 0.0912. The van der Waals surface area contributed by atoms with Crippen LogP contribution in [0.25, 0.3) is 27.8 Å². The van der Waals surface area contributed by atoms with Gasteiger partial charge in [0, 0.05) is 12.8 Å². The van der Waals surface area contributed by atoms with Gasteiger partial charge >= 0.3 is 0 Å². The second kappa shape index (κ2) is 6.28. The molecule has 136 valence electrons. The Hall–Kier alpha value is -3.06. The second-order valence-electron chi connectivity index (χ2n) is 6.90. The second-order valence-corrected chi connectivity index (χ2v) is 6.90. The highest BCUT2D eigenvalue weighted by Gasteiger charge is 2.20. The maximum atomic E-state index is 12.9. The fraction of sp³-hybridized carbons (Fsp3) is 0.300. The standard InChI is InChI=1S/C20H19N5O2/c1-13-17(14-6-3-2-4-7-14)19-22-21-18-16(25(19)23-13)9-10-24(20(18)26)12-15-8-5-11-27-15/h2-4,6-7,9-10,15H,5,8,11-12H2,1H3/t15-/m1/s1. The molecule has 0 aliphatic carbocycles. The molecule has 27 heavy (non-hydrogen) atoms. The smallest absolute Gasteiger partial charge is 0.280 e. The highest BCUT2D eigenvalue weighted by atomic mass is 16.5. The molecule has 7 heteroatoms. The maximum Gasteiger partial charge on any atom is 0.280 e. The summed E-state index contributed by atoms with van der Waals surface area (Å²) in [4.78, 5) is 12.9. The van der Waals surface area contributed by atoms with Gasteiger partial charge in [0.05, 0.1) is 23.9 Å². The van der Waals surface area contributed by atoms with E-state index in [1.165, 1.54) is 0 Å². The fourth-order valence-corrected chi connectivity index (χ4v) is 3.78. The summed E-state index contributed by atoms with van der Waals surface area (Å²) in [5, 5.41) is 13.2. The highest BCUT2D eigenvalue weighted by Crippen LogP contribution is 2.27. The van der Waals surface area contributed by atoms with Gasteiger partial charge in [-0.2, -0.15) is 5.10 Å². The molecule has 1 aromatic carbocycles. The van der Waals surface area contributed by atoms with Crippen molar-refractivity contribution in [3.8, 4) is 11.1 Å². The zero-order valence-corrected chi connectivity index (χ0v) is 15.0. The van der Waals surface area contributed by atoms with E-state index in [1.807, 2.05) is 43.3 Å². The topological polar surface area (TPSA) is 74.3 Å². The van der Waals surface area contributed by atoms with Gasteiger partial charge in [-0.1, -0.05) is 30.3 Å². The summed E-state index contributed by atoms with van der Waals surface area (Å²) in [5.74, 6) is 0. The number of nitrogens with zero attached hydrogens (tertiary/aromatic N) is 5. The minimum atomic E-state index is -0.160. The largest absolute Gasteiger partial charge is 0.376 e. The lowest BCUT2D eigenvalue weighted by Gasteiger charge is -2.12. The van der Waals surface area contributed by atoms with Crippen LogP contribution in [0.5, 0.6) is 0 Å². The molecule has 1 fully saturated rings. The van der Waals surface area contributed by atoms with Crippen LogP contribution in [0.1, 0.15) is 18.5 Å². The van der Waals surface area contributed by atoms with Gasteiger partial charge in [0.15, 0.2) is 11.2 Å². The van der Waals surface area contributed by atoms with Crippen molar-refractivity contribution in [2.75, 3.05) is 6.61 Å². The van der Waals surface area contributed by atoms with Crippen molar-refractivity contribution in [3.63, 3.8) is 0 Å². The predicted octanol–water partition coefficient (Wildman–Crippen LogP) is 2.59. The average molecular weight is 361 g/mol. The Morgan fingerprint density at radius 3 is 2.81 bits per heavy atom. The Balaban J connectivity index is 1.67. The molecule has 0 spiro atoms. The number of hydrogen-bond acceptors (Lipinski definition) is 5. The number of ether oxygens (including phenoxy) is 1. The molecule has 4 aromatic rings. The van der Waals surface area contributed by atoms with E-state index in [0.717, 1.165) is 36.3 Å². The SMILES string of the molecule is Cc1nn2c(nnc3c(=O)n(C[C@H]4CCCO4)ccc32)c1-c1ccccc1. The average Bonchev–Trinajstić information content (AvgIpc) is 3.31. The molecule has 1 atom stereocenters. The molecule has 1 aliphatic heterocycles. The van der Waals surface area contributed by atoms with Gasteiger partial charge in [-0.3, -0.25) is 4.79 Å². The number of benzene rings is 1. The summed E-state index contributed by atoms with van der Waals surface area (Å²) < 4.78 is 9.03. The highest BCUT2D eigenvalue weighted by molar-refractivity contribution is 5.84. The third-order valence-corrected chi connectivity index (χ3v) is 5.11. The van der Waals surface area contributed by atoms with Crippen LogP contribution in [-0.4, -0.2) is 37.1 Å². The summed E-state index contributed by atoms with van der Waals surface area (Å²) in [7, 11) is 0. The summed E-state index contributed by atoms with van der Waals surface area (Å²) in [6, 6.07) is 11.9. The molecule has 0 amide bonds. The van der Waals surface area contributed by atoms with Crippen LogP contribution in [0.3, 0.4) is 0 Å². The van der Waals surface area contributed by atoms with E-state index in [-0.39, 0.29) is 11.7 Å². The van der Waals surface area contributed by atoms with Gasteiger partial charge in [-0.25, -0.2) is 4.52 Å². The molecule has 1 saturated heterocycles. The Kier molecular flexibility index (Phi) is 3.75. The lowest BCUT2D eigenvalue weighted by Crippen LogP contribution is -2.27. The van der Waals surface area contributed by atoms with Gasteiger partial charge in [0.2, 0.25) is 0 Å². The zero-order chi connectivity index (χ0) is 18.4. The predicted molar refractivity (Wildman–Crippen MR) is 102 cm³/mol. The number of aromatic nitrogens is 5. The zero-order valence-electron chi connectivity index (χ0n) is 15.0. The van der Waals surface area contributed by atoms with Gasteiger partial charge in [0.1, 0.15) is 5.52 Å². The van der Waals surface area contributed by atoms with Gasteiger partial charge < -0.3 is 9.30 Å². The van der Waals surface area contributed by atoms with Crippen LogP contribution in [0.2, 0.25) is 0 Å². The number of pyridine rings is 1. The molecule has 0 saturated carbocycles. The van der Waals surface area contributed by atoms with E-state index in [2.05, 4.69) is 15.3 Å². The Labute approximate surface area is 155 Å². The van der Waals surface area contributed by atoms with Crippen LogP contribution in [0.15, 0.2) is 47.4 Å². The van der Waals surface area contributed by atoms with Crippen molar-refractivity contribution in [1.29, 1.82) is 0 Å². The molecular weight excluding hydrogens is 342 g/mol. The van der Waals surface area contributed by atoms with Crippen LogP contribution >= 0.6 is 0 Å². The molecule has 4 heterocycles. The van der Waals surface area contributed by atoms with Crippen molar-refractivity contribution >= 4 is 16.7 Å². The molecule has 0 unspecified atom stereocenters. The van der Waals surface area contributed by atoms with Crippen molar-refractivity contribution < 1.29 is 4.74 Å².